The number of likely N-dealkylation sites (N-methyl/N-ethyl adjacent to an activating group) is 1. The van der Waals surface area contributed by atoms with Crippen LogP contribution in [0.5, 0.6) is 0 Å². The summed E-state index contributed by atoms with van der Waals surface area (Å²) < 4.78 is 10.6. The number of aromatic nitrogens is 1. The van der Waals surface area contributed by atoms with E-state index < -0.39 is 0 Å². The van der Waals surface area contributed by atoms with Gasteiger partial charge in [-0.05, 0) is 37.7 Å². The summed E-state index contributed by atoms with van der Waals surface area (Å²) in [6.45, 7) is 0.417. The second-order valence-electron chi connectivity index (χ2n) is 5.26. The molecule has 1 unspecified atom stereocenters. The standard InChI is InChI=1S/C16H17N3O3S/c1-19(2)12(13-5-3-7-21-13)10-17-16(20)11-9-14(22-18-11)15-6-4-8-23-15/h3-9,12H,10H2,1-2H3,(H,17,20). The van der Waals surface area contributed by atoms with E-state index in [-0.39, 0.29) is 17.6 Å². The lowest BCUT2D eigenvalue weighted by Gasteiger charge is -2.22. The maximum Gasteiger partial charge on any atom is 0.273 e. The number of amides is 1. The van der Waals surface area contributed by atoms with Gasteiger partial charge >= 0.3 is 0 Å². The van der Waals surface area contributed by atoms with Crippen LogP contribution in [-0.2, 0) is 0 Å². The number of nitrogens with one attached hydrogen (secondary N) is 1. The number of furan rings is 1. The second-order valence-corrected chi connectivity index (χ2v) is 6.21. The molecule has 0 aliphatic heterocycles. The van der Waals surface area contributed by atoms with Crippen molar-refractivity contribution >= 4 is 17.2 Å². The minimum absolute atomic E-state index is 0.0439. The first kappa shape index (κ1) is 15.5. The lowest BCUT2D eigenvalue weighted by molar-refractivity contribution is 0.0930. The van der Waals surface area contributed by atoms with Gasteiger partial charge in [-0.15, -0.1) is 11.3 Å². The largest absolute Gasteiger partial charge is 0.468 e. The average Bonchev–Trinajstić information content (AvgIpc) is 3.27. The van der Waals surface area contributed by atoms with Crippen molar-refractivity contribution in [3.63, 3.8) is 0 Å². The van der Waals surface area contributed by atoms with E-state index in [9.17, 15) is 4.79 Å². The summed E-state index contributed by atoms with van der Waals surface area (Å²) in [5, 5.41) is 8.65. The zero-order valence-electron chi connectivity index (χ0n) is 12.9. The fourth-order valence-corrected chi connectivity index (χ4v) is 2.89. The minimum Gasteiger partial charge on any atom is -0.468 e. The van der Waals surface area contributed by atoms with Gasteiger partial charge in [-0.25, -0.2) is 0 Å². The minimum atomic E-state index is -0.269. The molecule has 1 atom stereocenters. The molecule has 0 saturated heterocycles. The number of hydrogen-bond donors (Lipinski definition) is 1. The van der Waals surface area contributed by atoms with Crippen LogP contribution in [0.15, 0.2) is 50.9 Å². The molecule has 0 aromatic carbocycles. The Balaban J connectivity index is 1.65. The van der Waals surface area contributed by atoms with Crippen molar-refractivity contribution in [2.45, 2.75) is 6.04 Å². The average molecular weight is 331 g/mol. The van der Waals surface area contributed by atoms with Crippen molar-refractivity contribution in [2.24, 2.45) is 0 Å². The van der Waals surface area contributed by atoms with Gasteiger partial charge in [0.05, 0.1) is 17.2 Å². The van der Waals surface area contributed by atoms with Gasteiger partial charge in [0.1, 0.15) is 5.76 Å². The van der Waals surface area contributed by atoms with Crippen LogP contribution in [0.4, 0.5) is 0 Å². The van der Waals surface area contributed by atoms with E-state index in [1.807, 2.05) is 48.6 Å². The predicted molar refractivity (Wildman–Crippen MR) is 87.3 cm³/mol. The van der Waals surface area contributed by atoms with E-state index in [1.165, 1.54) is 11.3 Å². The molecular weight excluding hydrogens is 314 g/mol. The SMILES string of the molecule is CN(C)C(CNC(=O)c1cc(-c2cccs2)on1)c1ccco1. The maximum absolute atomic E-state index is 12.2. The third kappa shape index (κ3) is 3.52. The molecule has 0 bridgehead atoms. The van der Waals surface area contributed by atoms with Crippen molar-refractivity contribution in [3.05, 3.63) is 53.4 Å². The highest BCUT2D eigenvalue weighted by Crippen LogP contribution is 2.25. The number of thiophene rings is 1. The molecule has 3 aromatic rings. The Hall–Kier alpha value is -2.38. The van der Waals surface area contributed by atoms with Gasteiger partial charge in [-0.3, -0.25) is 9.69 Å². The molecule has 23 heavy (non-hydrogen) atoms. The fourth-order valence-electron chi connectivity index (χ4n) is 2.22. The quantitative estimate of drug-likeness (QED) is 0.752. The molecule has 7 heteroatoms. The first-order chi connectivity index (χ1) is 11.1. The number of hydrogen-bond acceptors (Lipinski definition) is 6. The van der Waals surface area contributed by atoms with Gasteiger partial charge in [0.2, 0.25) is 0 Å². The van der Waals surface area contributed by atoms with Gasteiger partial charge in [0.15, 0.2) is 11.5 Å². The molecule has 120 valence electrons. The van der Waals surface area contributed by atoms with Crippen molar-refractivity contribution in [2.75, 3.05) is 20.6 Å². The first-order valence-electron chi connectivity index (χ1n) is 7.14. The van der Waals surface area contributed by atoms with E-state index in [0.29, 0.717) is 12.3 Å². The summed E-state index contributed by atoms with van der Waals surface area (Å²) in [6, 6.07) is 9.18. The smallest absolute Gasteiger partial charge is 0.273 e. The first-order valence-corrected chi connectivity index (χ1v) is 8.01. The Morgan fingerprint density at radius 2 is 2.26 bits per heavy atom. The Bertz CT molecular complexity index is 747. The monoisotopic (exact) mass is 331 g/mol. The molecule has 6 nitrogen and oxygen atoms in total. The Morgan fingerprint density at radius 1 is 1.39 bits per heavy atom. The zero-order chi connectivity index (χ0) is 16.2. The molecule has 3 heterocycles. The third-order valence-corrected chi connectivity index (χ3v) is 4.34. The molecule has 1 N–H and O–H groups in total. The second kappa shape index (κ2) is 6.80. The summed E-state index contributed by atoms with van der Waals surface area (Å²) in [7, 11) is 3.87. The number of rotatable bonds is 6. The van der Waals surface area contributed by atoms with Crippen LogP contribution < -0.4 is 5.32 Å². The molecule has 0 spiro atoms. The van der Waals surface area contributed by atoms with Crippen LogP contribution in [-0.4, -0.2) is 36.6 Å². The summed E-state index contributed by atoms with van der Waals surface area (Å²) >= 11 is 1.54. The molecule has 0 aliphatic carbocycles. The fraction of sp³-hybridized carbons (Fsp3) is 0.250. The van der Waals surface area contributed by atoms with E-state index in [1.54, 1.807) is 12.3 Å². The van der Waals surface area contributed by atoms with E-state index in [2.05, 4.69) is 10.5 Å². The topological polar surface area (TPSA) is 71.5 Å². The lowest BCUT2D eigenvalue weighted by Crippen LogP contribution is -2.34. The van der Waals surface area contributed by atoms with Crippen LogP contribution in [0.1, 0.15) is 22.3 Å². The molecule has 1 amide bonds. The molecule has 0 aliphatic rings. The number of nitrogens with zero attached hydrogens (tertiary/aromatic N) is 2. The Morgan fingerprint density at radius 3 is 2.91 bits per heavy atom. The summed E-state index contributed by atoms with van der Waals surface area (Å²) in [4.78, 5) is 15.2. The highest BCUT2D eigenvalue weighted by molar-refractivity contribution is 7.13. The Labute approximate surface area is 137 Å². The van der Waals surface area contributed by atoms with E-state index in [4.69, 9.17) is 8.94 Å². The lowest BCUT2D eigenvalue weighted by atomic mass is 10.2. The van der Waals surface area contributed by atoms with Crippen molar-refractivity contribution in [3.8, 4) is 10.6 Å². The van der Waals surface area contributed by atoms with Gasteiger partial charge in [-0.1, -0.05) is 11.2 Å². The van der Waals surface area contributed by atoms with Crippen LogP contribution in [0, 0.1) is 0 Å². The third-order valence-electron chi connectivity index (χ3n) is 3.46. The van der Waals surface area contributed by atoms with Crippen LogP contribution in [0.25, 0.3) is 10.6 Å². The molecule has 3 aromatic heterocycles. The number of carbonyl (C=O) groups is 1. The molecule has 0 radical (unpaired) electrons. The predicted octanol–water partition coefficient (Wildman–Crippen LogP) is 3.03. The molecule has 3 rings (SSSR count). The molecule has 0 saturated carbocycles. The molecular formula is C16H17N3O3S. The number of carbonyl (C=O) groups excluding carboxylic acids is 1. The summed E-state index contributed by atoms with van der Waals surface area (Å²) in [6.07, 6.45) is 1.62. The zero-order valence-corrected chi connectivity index (χ0v) is 13.7. The van der Waals surface area contributed by atoms with Crippen LogP contribution in [0.3, 0.4) is 0 Å². The van der Waals surface area contributed by atoms with Gasteiger partial charge in [0.25, 0.3) is 5.91 Å². The van der Waals surface area contributed by atoms with Gasteiger partial charge in [0, 0.05) is 12.6 Å². The van der Waals surface area contributed by atoms with Crippen LogP contribution >= 0.6 is 11.3 Å². The van der Waals surface area contributed by atoms with Crippen molar-refractivity contribution < 1.29 is 13.7 Å². The van der Waals surface area contributed by atoms with Crippen molar-refractivity contribution in [1.82, 2.24) is 15.4 Å². The van der Waals surface area contributed by atoms with Gasteiger partial charge < -0.3 is 14.3 Å². The van der Waals surface area contributed by atoms with E-state index >= 15 is 0 Å². The highest BCUT2D eigenvalue weighted by atomic mass is 32.1. The molecule has 0 fully saturated rings. The highest BCUT2D eigenvalue weighted by Gasteiger charge is 2.20. The normalized spacial score (nSPS) is 12.5. The van der Waals surface area contributed by atoms with Crippen molar-refractivity contribution in [1.29, 1.82) is 0 Å². The Kier molecular flexibility index (Phi) is 4.59. The van der Waals surface area contributed by atoms with Crippen LogP contribution in [0.2, 0.25) is 0 Å². The van der Waals surface area contributed by atoms with E-state index in [0.717, 1.165) is 10.6 Å². The van der Waals surface area contributed by atoms with Gasteiger partial charge in [-0.2, -0.15) is 0 Å². The summed E-state index contributed by atoms with van der Waals surface area (Å²) in [5.41, 5.74) is 0.269. The summed E-state index contributed by atoms with van der Waals surface area (Å²) in [5.74, 6) is 1.13. The maximum atomic E-state index is 12.2.